The smallest absolute Gasteiger partial charge is 0.338 e. The zero-order valence-electron chi connectivity index (χ0n) is 23.8. The van der Waals surface area contributed by atoms with Crippen molar-refractivity contribution in [3.8, 4) is 0 Å². The Kier molecular flexibility index (Phi) is 5.75. The molecule has 1 aromatic rings. The summed E-state index contributed by atoms with van der Waals surface area (Å²) in [5.74, 6) is -4.38. The van der Waals surface area contributed by atoms with Gasteiger partial charge in [-0.2, -0.15) is 0 Å². The minimum atomic E-state index is -1.66. The summed E-state index contributed by atoms with van der Waals surface area (Å²) >= 11 is 0. The number of carbonyl (C=O) groups is 4. The highest BCUT2D eigenvalue weighted by atomic mass is 16.8. The second-order valence-electron chi connectivity index (χ2n) is 12.8. The summed E-state index contributed by atoms with van der Waals surface area (Å²) in [6.07, 6.45) is 0.423. The Bertz CT molecular complexity index is 1270. The van der Waals surface area contributed by atoms with Crippen LogP contribution in [0.1, 0.15) is 71.2 Å². The first-order valence-electron chi connectivity index (χ1n) is 13.8. The Balaban J connectivity index is 1.58. The zero-order valence-corrected chi connectivity index (χ0v) is 23.8. The molecule has 1 saturated carbocycles. The molecular weight excluding hydrogens is 524 g/mol. The molecule has 0 aromatic carbocycles. The van der Waals surface area contributed by atoms with Gasteiger partial charge in [-0.15, -0.1) is 0 Å². The fourth-order valence-corrected chi connectivity index (χ4v) is 8.94. The lowest BCUT2D eigenvalue weighted by molar-refractivity contribution is -0.307. The molecule has 40 heavy (non-hydrogen) atoms. The molecule has 4 unspecified atom stereocenters. The highest BCUT2D eigenvalue weighted by Crippen LogP contribution is 2.77. The molecule has 11 heteroatoms. The van der Waals surface area contributed by atoms with E-state index in [0.717, 1.165) is 0 Å². The number of rotatable bonds is 4. The van der Waals surface area contributed by atoms with Crippen molar-refractivity contribution in [2.45, 2.75) is 102 Å². The maximum atomic E-state index is 14.2. The summed E-state index contributed by atoms with van der Waals surface area (Å²) in [5.41, 5.74) is -4.60. The van der Waals surface area contributed by atoms with E-state index in [2.05, 4.69) is 0 Å². The fourth-order valence-electron chi connectivity index (χ4n) is 8.94. The third kappa shape index (κ3) is 3.11. The summed E-state index contributed by atoms with van der Waals surface area (Å²) < 4.78 is 42.2. The van der Waals surface area contributed by atoms with Gasteiger partial charge < -0.3 is 32.8 Å². The topological polar surface area (TPSA) is 140 Å². The van der Waals surface area contributed by atoms with E-state index in [1.165, 1.54) is 26.6 Å². The summed E-state index contributed by atoms with van der Waals surface area (Å²) in [6, 6.07) is 1.59. The van der Waals surface area contributed by atoms with Crippen molar-refractivity contribution in [1.82, 2.24) is 0 Å². The Morgan fingerprint density at radius 3 is 2.42 bits per heavy atom. The summed E-state index contributed by atoms with van der Waals surface area (Å²) in [6.45, 7) is 10.4. The van der Waals surface area contributed by atoms with Crippen molar-refractivity contribution in [2.75, 3.05) is 7.11 Å². The van der Waals surface area contributed by atoms with Crippen molar-refractivity contribution in [3.63, 3.8) is 0 Å². The van der Waals surface area contributed by atoms with Crippen molar-refractivity contribution >= 4 is 23.7 Å². The zero-order chi connectivity index (χ0) is 29.0. The molecule has 1 aromatic heterocycles. The van der Waals surface area contributed by atoms with Crippen molar-refractivity contribution in [2.24, 2.45) is 22.7 Å². The van der Waals surface area contributed by atoms with Gasteiger partial charge in [0.1, 0.15) is 17.5 Å². The third-order valence-electron chi connectivity index (χ3n) is 10.5. The van der Waals surface area contributed by atoms with E-state index in [-0.39, 0.29) is 18.1 Å². The highest BCUT2D eigenvalue weighted by molar-refractivity contribution is 6.02. The van der Waals surface area contributed by atoms with Gasteiger partial charge in [0.2, 0.25) is 5.79 Å². The van der Waals surface area contributed by atoms with E-state index in [1.54, 1.807) is 26.8 Å². The van der Waals surface area contributed by atoms with Gasteiger partial charge in [0.25, 0.3) is 0 Å². The number of hydrogen-bond donors (Lipinski definition) is 0. The molecule has 0 N–H and O–H groups in total. The minimum absolute atomic E-state index is 0.0639. The molecule has 2 spiro atoms. The van der Waals surface area contributed by atoms with Gasteiger partial charge in [-0.05, 0) is 52.5 Å². The minimum Gasteiger partial charge on any atom is -0.472 e. The van der Waals surface area contributed by atoms with Crippen molar-refractivity contribution in [1.29, 1.82) is 0 Å². The standard InChI is InChI=1S/C29H36O11/c1-14-17-8-10-26(5,21(32)16-9-11-35-13-16)28(23(40-28)24(33)34-7)27(17,6)29(37-14)22(36-15(2)30)20-18(38-29)12-19(31)39-25(20,3)4/h9,11,13-14,17-18,20,22-23H,8,10,12H2,1-7H3/t14-,17?,18?,20?,22-,23+,26+,27-,28-,29?/m1/s1. The summed E-state index contributed by atoms with van der Waals surface area (Å²) in [5, 5.41) is 0. The molecule has 5 fully saturated rings. The monoisotopic (exact) mass is 560 g/mol. The molecule has 0 radical (unpaired) electrons. The fraction of sp³-hybridized carbons (Fsp3) is 0.724. The molecule has 4 aliphatic heterocycles. The van der Waals surface area contributed by atoms with Gasteiger partial charge in [0.05, 0.1) is 54.3 Å². The second kappa shape index (κ2) is 8.39. The van der Waals surface area contributed by atoms with Crippen LogP contribution >= 0.6 is 0 Å². The first kappa shape index (κ1) is 27.4. The number of carbonyl (C=O) groups excluding carboxylic acids is 4. The molecule has 11 nitrogen and oxygen atoms in total. The lowest BCUT2D eigenvalue weighted by atomic mass is 9.45. The molecule has 6 rings (SSSR count). The van der Waals surface area contributed by atoms with Gasteiger partial charge in [-0.3, -0.25) is 14.4 Å². The van der Waals surface area contributed by atoms with Crippen LogP contribution in [-0.4, -0.2) is 72.2 Å². The van der Waals surface area contributed by atoms with E-state index in [9.17, 15) is 19.2 Å². The number of epoxide rings is 1. The van der Waals surface area contributed by atoms with Gasteiger partial charge in [-0.25, -0.2) is 4.79 Å². The predicted octanol–water partition coefficient (Wildman–Crippen LogP) is 2.98. The number of furan rings is 1. The number of esters is 3. The van der Waals surface area contributed by atoms with Crippen LogP contribution in [0.2, 0.25) is 0 Å². The van der Waals surface area contributed by atoms with Gasteiger partial charge >= 0.3 is 17.9 Å². The van der Waals surface area contributed by atoms with E-state index >= 15 is 0 Å². The number of ether oxygens (including phenoxy) is 6. The van der Waals surface area contributed by atoms with Crippen LogP contribution < -0.4 is 0 Å². The van der Waals surface area contributed by atoms with Gasteiger partial charge in [0, 0.05) is 6.92 Å². The van der Waals surface area contributed by atoms with E-state index in [0.29, 0.717) is 18.4 Å². The molecule has 5 heterocycles. The number of hydrogen-bond acceptors (Lipinski definition) is 11. The maximum absolute atomic E-state index is 14.2. The Labute approximate surface area is 232 Å². The van der Waals surface area contributed by atoms with Crippen LogP contribution in [0.4, 0.5) is 0 Å². The first-order valence-corrected chi connectivity index (χ1v) is 13.8. The van der Waals surface area contributed by atoms with Crippen LogP contribution in [-0.2, 0) is 42.8 Å². The average Bonchev–Trinajstić information content (AvgIpc) is 3.13. The third-order valence-corrected chi connectivity index (χ3v) is 10.5. The molecule has 5 aliphatic rings. The Morgan fingerprint density at radius 2 is 1.80 bits per heavy atom. The summed E-state index contributed by atoms with van der Waals surface area (Å²) in [7, 11) is 1.27. The molecule has 1 aliphatic carbocycles. The normalized spacial score (nSPS) is 46.4. The second-order valence-corrected chi connectivity index (χ2v) is 12.8. The van der Waals surface area contributed by atoms with Crippen LogP contribution in [0, 0.1) is 22.7 Å². The molecule has 10 atom stereocenters. The molecule has 0 bridgehead atoms. The summed E-state index contributed by atoms with van der Waals surface area (Å²) in [4.78, 5) is 52.7. The largest absolute Gasteiger partial charge is 0.472 e. The van der Waals surface area contributed by atoms with Crippen molar-refractivity contribution < 1.29 is 52.0 Å². The van der Waals surface area contributed by atoms with Gasteiger partial charge in [-0.1, -0.05) is 6.92 Å². The number of Topliss-reactive ketones (excluding diaryl/α,β-unsaturated/α-hetero) is 1. The van der Waals surface area contributed by atoms with E-state index in [4.69, 9.17) is 32.8 Å². The van der Waals surface area contributed by atoms with Gasteiger partial charge in [0.15, 0.2) is 18.0 Å². The lowest BCUT2D eigenvalue weighted by Gasteiger charge is -2.56. The first-order chi connectivity index (χ1) is 18.7. The molecular formula is C29H36O11. The van der Waals surface area contributed by atoms with Crippen LogP contribution in [0.5, 0.6) is 0 Å². The van der Waals surface area contributed by atoms with E-state index < -0.39 is 76.1 Å². The number of methoxy groups -OCH3 is 1. The van der Waals surface area contributed by atoms with Crippen LogP contribution in [0.25, 0.3) is 0 Å². The van der Waals surface area contributed by atoms with Crippen molar-refractivity contribution in [3.05, 3.63) is 24.2 Å². The quantitative estimate of drug-likeness (QED) is 0.232. The van der Waals surface area contributed by atoms with E-state index in [1.807, 2.05) is 13.8 Å². The Hall–Kier alpha value is -2.76. The molecule has 4 saturated heterocycles. The number of ketones is 1. The number of fused-ring (bicyclic) bond motifs is 4. The van der Waals surface area contributed by atoms with Crippen LogP contribution in [0.15, 0.2) is 23.0 Å². The highest BCUT2D eigenvalue weighted by Gasteiger charge is 2.92. The maximum Gasteiger partial charge on any atom is 0.338 e. The lowest BCUT2D eigenvalue weighted by Crippen LogP contribution is -2.70. The number of cyclic esters (lactones) is 1. The Morgan fingerprint density at radius 1 is 1.07 bits per heavy atom. The molecule has 0 amide bonds. The predicted molar refractivity (Wildman–Crippen MR) is 134 cm³/mol. The SMILES string of the molecule is COC(=O)[C@@H]1O[C@@]12[C@](C)(C(=O)c1ccoc1)CCC1[C@@H](C)OC3(OC4CC(=O)OC(C)(C)C4[C@H]3OC(C)=O)[C@]12C. The van der Waals surface area contributed by atoms with Crippen LogP contribution in [0.3, 0.4) is 0 Å². The average molecular weight is 561 g/mol. The molecule has 218 valence electrons.